The predicted molar refractivity (Wildman–Crippen MR) is 209 cm³/mol. The fourth-order valence-corrected chi connectivity index (χ4v) is 10.7. The Morgan fingerprint density at radius 3 is 1.45 bits per heavy atom. The molecule has 0 saturated carbocycles. The molecule has 49 heavy (non-hydrogen) atoms. The molecule has 0 N–H and O–H groups in total. The Labute approximate surface area is 289 Å². The van der Waals surface area contributed by atoms with Crippen LogP contribution in [-0.4, -0.2) is 0 Å². The van der Waals surface area contributed by atoms with E-state index in [-0.39, 0.29) is 5.41 Å². The molecule has 0 bridgehead atoms. The van der Waals surface area contributed by atoms with E-state index in [1.807, 2.05) is 11.3 Å². The Morgan fingerprint density at radius 1 is 0.388 bits per heavy atom. The zero-order chi connectivity index (χ0) is 32.5. The molecule has 0 unspecified atom stereocenters. The minimum Gasteiger partial charge on any atom is -0.135 e. The zero-order valence-corrected chi connectivity index (χ0v) is 28.2. The van der Waals surface area contributed by atoms with Crippen molar-refractivity contribution in [2.45, 2.75) is 24.7 Å². The van der Waals surface area contributed by atoms with E-state index >= 15 is 0 Å². The lowest BCUT2D eigenvalue weighted by molar-refractivity contribution is 0.662. The molecule has 0 nitrogen and oxygen atoms in total. The predicted octanol–water partition coefficient (Wildman–Crippen LogP) is 13.0. The van der Waals surface area contributed by atoms with Crippen LogP contribution in [0.25, 0.3) is 64.0 Å². The first-order valence-electron chi connectivity index (χ1n) is 17.3. The Bertz CT molecular complexity index is 2800. The van der Waals surface area contributed by atoms with E-state index in [2.05, 4.69) is 172 Å². The van der Waals surface area contributed by atoms with Gasteiger partial charge in [-0.05, 0) is 101 Å². The van der Waals surface area contributed by atoms with Crippen LogP contribution in [0.2, 0.25) is 0 Å². The monoisotopic (exact) mass is 640 g/mol. The van der Waals surface area contributed by atoms with Crippen LogP contribution in [0.4, 0.5) is 0 Å². The third-order valence-electron chi connectivity index (χ3n) is 11.7. The van der Waals surface area contributed by atoms with Crippen LogP contribution in [0.3, 0.4) is 0 Å². The number of hydrogen-bond acceptors (Lipinski definition) is 1. The summed E-state index contributed by atoms with van der Waals surface area (Å²) in [6, 6.07) is 59.7. The van der Waals surface area contributed by atoms with E-state index in [4.69, 9.17) is 0 Å². The van der Waals surface area contributed by atoms with E-state index in [9.17, 15) is 0 Å². The van der Waals surface area contributed by atoms with Crippen LogP contribution in [0.5, 0.6) is 0 Å². The topological polar surface area (TPSA) is 0 Å². The van der Waals surface area contributed by atoms with Gasteiger partial charge in [-0.3, -0.25) is 0 Å². The summed E-state index contributed by atoms with van der Waals surface area (Å²) in [5.74, 6) is 0. The molecule has 0 saturated heterocycles. The first kappa shape index (κ1) is 27.5. The first-order valence-corrected chi connectivity index (χ1v) is 18.1. The lowest BCUT2D eigenvalue weighted by atomic mass is 9.67. The molecule has 0 amide bonds. The van der Waals surface area contributed by atoms with Gasteiger partial charge in [0.05, 0.1) is 5.41 Å². The zero-order valence-electron chi connectivity index (χ0n) is 27.4. The number of benzene rings is 8. The van der Waals surface area contributed by atoms with Crippen LogP contribution < -0.4 is 0 Å². The lowest BCUT2D eigenvalue weighted by Crippen LogP contribution is -2.28. The Hall–Kier alpha value is -5.50. The van der Waals surface area contributed by atoms with Gasteiger partial charge in [0.2, 0.25) is 0 Å². The summed E-state index contributed by atoms with van der Waals surface area (Å²) in [6.45, 7) is 4.81. The van der Waals surface area contributed by atoms with E-state index in [1.54, 1.807) is 0 Å². The maximum atomic E-state index is 2.56. The third-order valence-corrected chi connectivity index (χ3v) is 12.8. The molecule has 0 aliphatic heterocycles. The largest absolute Gasteiger partial charge is 0.135 e. The molecule has 9 aromatic rings. The SMILES string of the molecule is CC1(C)c2cc3c(cc2-c2c1ccc1ccccc21)sc1cc2c(cc13)C(c1ccccc1)(c1ccccc1)c1ccc3ccccc3c1-2. The smallest absolute Gasteiger partial charge is 0.0714 e. The number of thiophene rings is 1. The normalized spacial score (nSPS) is 15.1. The van der Waals surface area contributed by atoms with Gasteiger partial charge in [-0.2, -0.15) is 0 Å². The quantitative estimate of drug-likeness (QED) is 0.176. The summed E-state index contributed by atoms with van der Waals surface area (Å²) in [7, 11) is 0. The van der Waals surface area contributed by atoms with Crippen molar-refractivity contribution in [2.75, 3.05) is 0 Å². The molecule has 8 aromatic carbocycles. The van der Waals surface area contributed by atoms with Gasteiger partial charge in [0.15, 0.2) is 0 Å². The van der Waals surface area contributed by atoms with Crippen molar-refractivity contribution < 1.29 is 0 Å². The average Bonchev–Trinajstić information content (AvgIpc) is 3.73. The molecule has 0 radical (unpaired) electrons. The van der Waals surface area contributed by atoms with E-state index in [0.29, 0.717) is 0 Å². The molecule has 0 atom stereocenters. The second kappa shape index (κ2) is 9.56. The maximum Gasteiger partial charge on any atom is 0.0714 e. The second-order valence-corrected chi connectivity index (χ2v) is 15.5. The number of hydrogen-bond donors (Lipinski definition) is 0. The van der Waals surface area contributed by atoms with Crippen LogP contribution in [0.1, 0.15) is 47.2 Å². The third kappa shape index (κ3) is 3.43. The van der Waals surface area contributed by atoms with Crippen molar-refractivity contribution in [3.8, 4) is 22.3 Å². The Balaban J connectivity index is 1.27. The molecule has 1 heteroatoms. The fraction of sp³-hybridized carbons (Fsp3) is 0.0833. The molecule has 1 heterocycles. The Kier molecular flexibility index (Phi) is 5.36. The van der Waals surface area contributed by atoms with Gasteiger partial charge in [0, 0.05) is 25.6 Å². The van der Waals surface area contributed by atoms with Crippen molar-refractivity contribution in [3.05, 3.63) is 191 Å². The van der Waals surface area contributed by atoms with Crippen LogP contribution in [0, 0.1) is 0 Å². The summed E-state index contributed by atoms with van der Waals surface area (Å²) in [4.78, 5) is 0. The highest BCUT2D eigenvalue weighted by Crippen LogP contribution is 2.60. The van der Waals surface area contributed by atoms with Gasteiger partial charge in [0.1, 0.15) is 0 Å². The van der Waals surface area contributed by atoms with Gasteiger partial charge in [-0.15, -0.1) is 11.3 Å². The summed E-state index contributed by atoms with van der Waals surface area (Å²) in [6.07, 6.45) is 0. The standard InChI is InChI=1S/C48H32S/c1-47(2)39-23-21-29-13-9-11-19-33(29)45(39)37-27-43-35(25-41(37)47)36-26-42-38(28-44(36)49-43)46-34-20-12-10-14-30(34)22-24-40(46)48(42,31-15-5-3-6-16-31)32-17-7-4-8-18-32/h3-28H,1-2H3. The molecular formula is C48H32S. The molecule has 11 rings (SSSR count). The highest BCUT2D eigenvalue weighted by atomic mass is 32.1. The number of rotatable bonds is 2. The minimum atomic E-state index is -0.440. The molecule has 1 aromatic heterocycles. The van der Waals surface area contributed by atoms with Crippen molar-refractivity contribution in [1.82, 2.24) is 0 Å². The Morgan fingerprint density at radius 2 is 0.857 bits per heavy atom. The van der Waals surface area contributed by atoms with Gasteiger partial charge in [-0.1, -0.05) is 147 Å². The van der Waals surface area contributed by atoms with Crippen molar-refractivity contribution in [3.63, 3.8) is 0 Å². The van der Waals surface area contributed by atoms with Gasteiger partial charge in [0.25, 0.3) is 0 Å². The highest BCUT2D eigenvalue weighted by molar-refractivity contribution is 7.25. The number of fused-ring (bicyclic) bond motifs is 13. The highest BCUT2D eigenvalue weighted by Gasteiger charge is 2.47. The van der Waals surface area contributed by atoms with Crippen molar-refractivity contribution in [2.24, 2.45) is 0 Å². The fourth-order valence-electron chi connectivity index (χ4n) is 9.52. The van der Waals surface area contributed by atoms with Crippen LogP contribution in [0.15, 0.2) is 158 Å². The van der Waals surface area contributed by atoms with E-state index in [0.717, 1.165) is 0 Å². The molecule has 2 aliphatic rings. The van der Waals surface area contributed by atoms with Crippen molar-refractivity contribution in [1.29, 1.82) is 0 Å². The second-order valence-electron chi connectivity index (χ2n) is 14.4. The molecule has 230 valence electrons. The minimum absolute atomic E-state index is 0.0825. The lowest BCUT2D eigenvalue weighted by Gasteiger charge is -2.34. The molecule has 0 fully saturated rings. The molecule has 2 aliphatic carbocycles. The van der Waals surface area contributed by atoms with E-state index in [1.165, 1.54) is 97.4 Å². The van der Waals surface area contributed by atoms with Crippen LogP contribution >= 0.6 is 11.3 Å². The summed E-state index contributed by atoms with van der Waals surface area (Å²) in [5.41, 5.74) is 13.2. The van der Waals surface area contributed by atoms with Gasteiger partial charge < -0.3 is 0 Å². The van der Waals surface area contributed by atoms with Crippen LogP contribution in [-0.2, 0) is 10.8 Å². The molecular weight excluding hydrogens is 609 g/mol. The summed E-state index contributed by atoms with van der Waals surface area (Å²) in [5, 5.41) is 7.98. The van der Waals surface area contributed by atoms with Gasteiger partial charge in [-0.25, -0.2) is 0 Å². The average molecular weight is 641 g/mol. The van der Waals surface area contributed by atoms with Crippen molar-refractivity contribution >= 4 is 53.1 Å². The summed E-state index contributed by atoms with van der Waals surface area (Å²) >= 11 is 1.95. The molecule has 0 spiro atoms. The maximum absolute atomic E-state index is 2.56. The van der Waals surface area contributed by atoms with Gasteiger partial charge >= 0.3 is 0 Å². The van der Waals surface area contributed by atoms with E-state index < -0.39 is 5.41 Å². The summed E-state index contributed by atoms with van der Waals surface area (Å²) < 4.78 is 2.71. The first-order chi connectivity index (χ1) is 24.0.